The van der Waals surface area contributed by atoms with Gasteiger partial charge < -0.3 is 4.74 Å². The number of ether oxygens (including phenoxy) is 1. The van der Waals surface area contributed by atoms with Crippen LogP contribution < -0.4 is 4.74 Å². The highest BCUT2D eigenvalue weighted by atomic mass is 35.5. The second-order valence-electron chi connectivity index (χ2n) is 4.39. The lowest BCUT2D eigenvalue weighted by Crippen LogP contribution is -2.20. The lowest BCUT2D eigenvalue weighted by Gasteiger charge is -2.22. The fraction of sp³-hybridized carbons (Fsp3) is 0.583. The van der Waals surface area contributed by atoms with Crippen LogP contribution in [0.1, 0.15) is 37.7 Å². The first-order valence-electron chi connectivity index (χ1n) is 5.86. The second-order valence-corrected chi connectivity index (χ2v) is 4.79. The molecule has 1 aromatic rings. The summed E-state index contributed by atoms with van der Waals surface area (Å²) in [5.74, 6) is 0.0940. The van der Waals surface area contributed by atoms with Gasteiger partial charge in [0.2, 0.25) is 5.88 Å². The van der Waals surface area contributed by atoms with Crippen molar-refractivity contribution in [3.8, 4) is 5.88 Å². The molecule has 0 N–H and O–H groups in total. The molecule has 2 rings (SSSR count). The molecule has 0 amide bonds. The summed E-state index contributed by atoms with van der Waals surface area (Å²) in [6, 6.07) is 0.854. The minimum absolute atomic E-state index is 0.0143. The van der Waals surface area contributed by atoms with E-state index in [1.165, 1.54) is 6.42 Å². The van der Waals surface area contributed by atoms with E-state index in [1.807, 2.05) is 0 Å². The Kier molecular flexibility index (Phi) is 4.00. The number of pyridine rings is 1. The summed E-state index contributed by atoms with van der Waals surface area (Å²) in [5.41, 5.74) is -0.858. The van der Waals surface area contributed by atoms with Crippen LogP contribution in [0.5, 0.6) is 5.88 Å². The molecule has 2 nitrogen and oxygen atoms in total. The maximum atomic E-state index is 12.4. The van der Waals surface area contributed by atoms with Gasteiger partial charge in [-0.15, -0.1) is 0 Å². The Morgan fingerprint density at radius 2 is 1.89 bits per heavy atom. The molecule has 0 saturated heterocycles. The maximum absolute atomic E-state index is 12.4. The fourth-order valence-electron chi connectivity index (χ4n) is 2.01. The van der Waals surface area contributed by atoms with Gasteiger partial charge in [-0.3, -0.25) is 0 Å². The molecule has 100 valence electrons. The Bertz CT molecular complexity index is 416. The zero-order valence-corrected chi connectivity index (χ0v) is 10.4. The van der Waals surface area contributed by atoms with Crippen molar-refractivity contribution in [3.63, 3.8) is 0 Å². The maximum Gasteiger partial charge on any atom is 0.417 e. The smallest absolute Gasteiger partial charge is 0.417 e. The molecular formula is C12H13ClF3NO. The van der Waals surface area contributed by atoms with Crippen molar-refractivity contribution >= 4 is 11.6 Å². The molecule has 0 bridgehead atoms. The summed E-state index contributed by atoms with van der Waals surface area (Å²) >= 11 is 5.77. The van der Waals surface area contributed by atoms with Crippen LogP contribution in [0.15, 0.2) is 12.3 Å². The molecule has 18 heavy (non-hydrogen) atoms. The van der Waals surface area contributed by atoms with Crippen LogP contribution in [0.25, 0.3) is 0 Å². The van der Waals surface area contributed by atoms with Gasteiger partial charge in [0.15, 0.2) is 0 Å². The highest BCUT2D eigenvalue weighted by Gasteiger charge is 2.32. The standard InChI is InChI=1S/C12H13ClF3NO/c13-10-6-8(12(14,15)16)7-17-11(10)18-9-4-2-1-3-5-9/h6-7,9H,1-5H2. The van der Waals surface area contributed by atoms with Gasteiger partial charge in [-0.25, -0.2) is 4.98 Å². The monoisotopic (exact) mass is 279 g/mol. The van der Waals surface area contributed by atoms with E-state index in [4.69, 9.17) is 16.3 Å². The molecule has 0 aromatic carbocycles. The van der Waals surface area contributed by atoms with Crippen LogP contribution in [0.2, 0.25) is 5.02 Å². The SMILES string of the molecule is FC(F)(F)c1cnc(OC2CCCCC2)c(Cl)c1. The van der Waals surface area contributed by atoms with Crippen molar-refractivity contribution < 1.29 is 17.9 Å². The van der Waals surface area contributed by atoms with E-state index in [0.29, 0.717) is 0 Å². The van der Waals surface area contributed by atoms with Crippen molar-refractivity contribution in [2.45, 2.75) is 44.4 Å². The third-order valence-corrected chi connectivity index (χ3v) is 3.24. The molecule has 0 atom stereocenters. The molecule has 6 heteroatoms. The zero-order valence-electron chi connectivity index (χ0n) is 9.63. The lowest BCUT2D eigenvalue weighted by molar-refractivity contribution is -0.137. The van der Waals surface area contributed by atoms with Crippen LogP contribution in [0.3, 0.4) is 0 Å². The summed E-state index contributed by atoms with van der Waals surface area (Å²) in [7, 11) is 0. The Labute approximate surface area is 108 Å². The van der Waals surface area contributed by atoms with Crippen LogP contribution in [-0.4, -0.2) is 11.1 Å². The molecular weight excluding hydrogens is 267 g/mol. The topological polar surface area (TPSA) is 22.1 Å². The van der Waals surface area contributed by atoms with Gasteiger partial charge in [0.05, 0.1) is 5.56 Å². The fourth-order valence-corrected chi connectivity index (χ4v) is 2.22. The average Bonchev–Trinajstić information content (AvgIpc) is 2.32. The predicted octanol–water partition coefficient (Wildman–Crippen LogP) is 4.47. The largest absolute Gasteiger partial charge is 0.473 e. The van der Waals surface area contributed by atoms with Gasteiger partial charge in [-0.05, 0) is 31.7 Å². The Morgan fingerprint density at radius 3 is 2.44 bits per heavy atom. The van der Waals surface area contributed by atoms with Crippen molar-refractivity contribution in [2.75, 3.05) is 0 Å². The van der Waals surface area contributed by atoms with E-state index in [2.05, 4.69) is 4.98 Å². The second kappa shape index (κ2) is 5.34. The molecule has 0 spiro atoms. The number of nitrogens with zero attached hydrogens (tertiary/aromatic N) is 1. The third-order valence-electron chi connectivity index (χ3n) is 2.97. The molecule has 0 radical (unpaired) electrons. The van der Waals surface area contributed by atoms with E-state index >= 15 is 0 Å². The molecule has 1 aliphatic rings. The van der Waals surface area contributed by atoms with Gasteiger partial charge in [0, 0.05) is 6.20 Å². The molecule has 0 unspecified atom stereocenters. The van der Waals surface area contributed by atoms with Crippen LogP contribution in [-0.2, 0) is 6.18 Å². The number of alkyl halides is 3. The first-order chi connectivity index (χ1) is 8.47. The summed E-state index contributed by atoms with van der Waals surface area (Å²) in [4.78, 5) is 3.66. The van der Waals surface area contributed by atoms with Crippen molar-refractivity contribution in [1.82, 2.24) is 4.98 Å². The van der Waals surface area contributed by atoms with Gasteiger partial charge >= 0.3 is 6.18 Å². The summed E-state index contributed by atoms with van der Waals surface area (Å²) in [6.45, 7) is 0. The lowest BCUT2D eigenvalue weighted by atomic mass is 9.98. The number of hydrogen-bond acceptors (Lipinski definition) is 2. The number of hydrogen-bond donors (Lipinski definition) is 0. The third kappa shape index (κ3) is 3.28. The van der Waals surface area contributed by atoms with Gasteiger partial charge in [0.25, 0.3) is 0 Å². The van der Waals surface area contributed by atoms with E-state index in [-0.39, 0.29) is 17.0 Å². The van der Waals surface area contributed by atoms with Crippen LogP contribution in [0.4, 0.5) is 13.2 Å². The molecule has 1 fully saturated rings. The van der Waals surface area contributed by atoms with E-state index in [1.54, 1.807) is 0 Å². The number of aromatic nitrogens is 1. The Balaban J connectivity index is 2.09. The first kappa shape index (κ1) is 13.5. The molecule has 1 aromatic heterocycles. The van der Waals surface area contributed by atoms with Gasteiger partial charge in [0.1, 0.15) is 11.1 Å². The minimum Gasteiger partial charge on any atom is -0.473 e. The van der Waals surface area contributed by atoms with Crippen molar-refractivity contribution in [2.24, 2.45) is 0 Å². The van der Waals surface area contributed by atoms with Gasteiger partial charge in [-0.1, -0.05) is 18.0 Å². The van der Waals surface area contributed by atoms with Gasteiger partial charge in [-0.2, -0.15) is 13.2 Å². The number of halogens is 4. The van der Waals surface area contributed by atoms with Crippen molar-refractivity contribution in [3.05, 3.63) is 22.8 Å². The summed E-state index contributed by atoms with van der Waals surface area (Å²) < 4.78 is 42.8. The molecule has 1 heterocycles. The average molecular weight is 280 g/mol. The van der Waals surface area contributed by atoms with E-state index in [9.17, 15) is 13.2 Å². The van der Waals surface area contributed by atoms with E-state index in [0.717, 1.165) is 37.9 Å². The number of rotatable bonds is 2. The first-order valence-corrected chi connectivity index (χ1v) is 6.24. The van der Waals surface area contributed by atoms with Crippen LogP contribution >= 0.6 is 11.6 Å². The normalized spacial score (nSPS) is 17.8. The Hall–Kier alpha value is -0.970. The molecule has 1 aliphatic carbocycles. The molecule has 0 aliphatic heterocycles. The van der Waals surface area contributed by atoms with Crippen molar-refractivity contribution in [1.29, 1.82) is 0 Å². The Morgan fingerprint density at radius 1 is 1.22 bits per heavy atom. The summed E-state index contributed by atoms with van der Waals surface area (Å²) in [5, 5.41) is -0.0876. The highest BCUT2D eigenvalue weighted by Crippen LogP contribution is 2.34. The quantitative estimate of drug-likeness (QED) is 0.797. The highest BCUT2D eigenvalue weighted by molar-refractivity contribution is 6.31. The van der Waals surface area contributed by atoms with Crippen LogP contribution in [0, 0.1) is 0 Å². The minimum atomic E-state index is -4.43. The molecule has 1 saturated carbocycles. The van der Waals surface area contributed by atoms with E-state index < -0.39 is 11.7 Å². The predicted molar refractivity (Wildman–Crippen MR) is 61.8 cm³/mol. The zero-order chi connectivity index (χ0) is 13.2. The summed E-state index contributed by atoms with van der Waals surface area (Å²) in [6.07, 6.45) is 1.46.